The zero-order valence-corrected chi connectivity index (χ0v) is 20.2. The van der Waals surface area contributed by atoms with E-state index in [2.05, 4.69) is 22.2 Å². The summed E-state index contributed by atoms with van der Waals surface area (Å²) in [4.78, 5) is 30.2. The fourth-order valence-electron chi connectivity index (χ4n) is 3.99. The van der Waals surface area contributed by atoms with E-state index in [-0.39, 0.29) is 17.2 Å². The van der Waals surface area contributed by atoms with Crippen LogP contribution in [0.4, 0.5) is 11.4 Å². The molecule has 0 atom stereocenters. The summed E-state index contributed by atoms with van der Waals surface area (Å²) >= 11 is 0. The van der Waals surface area contributed by atoms with Crippen LogP contribution in [0.2, 0.25) is 0 Å². The van der Waals surface area contributed by atoms with Crippen LogP contribution < -0.4 is 15.6 Å². The third-order valence-electron chi connectivity index (χ3n) is 6.36. The molecule has 1 fully saturated rings. The molecule has 8 nitrogen and oxygen atoms in total. The minimum Gasteiger partial charge on any atom is -0.453 e. The number of aromatic nitrogens is 2. The molecule has 2 aromatic carbocycles. The molecular weight excluding hydrogens is 430 g/mol. The van der Waals surface area contributed by atoms with Gasteiger partial charge in [-0.05, 0) is 55.8 Å². The number of nitrogens with zero attached hydrogens (tertiary/aromatic N) is 4. The van der Waals surface area contributed by atoms with Crippen LogP contribution in [-0.4, -0.2) is 58.2 Å². The smallest absolute Gasteiger partial charge is 0.294 e. The molecule has 0 saturated carbocycles. The zero-order valence-electron chi connectivity index (χ0n) is 20.2. The van der Waals surface area contributed by atoms with Crippen molar-refractivity contribution in [1.82, 2.24) is 19.6 Å². The van der Waals surface area contributed by atoms with E-state index in [0.29, 0.717) is 35.8 Å². The Balaban J connectivity index is 1.59. The number of aryl methyl sites for hydroxylation is 2. The number of nitrogens with one attached hydrogen (secondary N) is 1. The minimum atomic E-state index is -0.324. The number of carbonyl (C=O) groups excluding carboxylic acids is 1. The summed E-state index contributed by atoms with van der Waals surface area (Å²) in [5.74, 6) is 0.978. The molecular formula is C26H31N5O3. The summed E-state index contributed by atoms with van der Waals surface area (Å²) in [6.45, 7) is 10.3. The molecule has 0 aliphatic carbocycles. The normalized spacial score (nSPS) is 14.2. The molecule has 0 radical (unpaired) electrons. The summed E-state index contributed by atoms with van der Waals surface area (Å²) in [6.07, 6.45) is 1.52. The highest BCUT2D eigenvalue weighted by Crippen LogP contribution is 2.31. The zero-order chi connectivity index (χ0) is 24.2. The average Bonchev–Trinajstić information content (AvgIpc) is 2.86. The highest BCUT2D eigenvalue weighted by atomic mass is 16.5. The standard InChI is InChI=1S/C26H31N5O3/c1-5-30-12-14-31(15-13-30)25(32)20-9-7-10-21(16-20)28-24-23(17-27-29(4)26(24)33)34-22-11-6-8-18(2)19(22)3/h6-11,16-17,28H,5,12-15H2,1-4H3. The number of piperazine rings is 1. The number of likely N-dealkylation sites (N-methyl/N-ethyl adjacent to an activating group) is 1. The van der Waals surface area contributed by atoms with Gasteiger partial charge < -0.3 is 19.9 Å². The molecule has 34 heavy (non-hydrogen) atoms. The van der Waals surface area contributed by atoms with Crippen molar-refractivity contribution < 1.29 is 9.53 Å². The largest absolute Gasteiger partial charge is 0.453 e. The fourth-order valence-corrected chi connectivity index (χ4v) is 3.99. The molecule has 8 heteroatoms. The molecule has 1 N–H and O–H groups in total. The van der Waals surface area contributed by atoms with Gasteiger partial charge in [0.25, 0.3) is 11.5 Å². The van der Waals surface area contributed by atoms with E-state index < -0.39 is 0 Å². The van der Waals surface area contributed by atoms with E-state index in [1.54, 1.807) is 19.2 Å². The molecule has 0 bridgehead atoms. The van der Waals surface area contributed by atoms with Gasteiger partial charge in [0.2, 0.25) is 0 Å². The van der Waals surface area contributed by atoms with Crippen molar-refractivity contribution in [2.45, 2.75) is 20.8 Å². The van der Waals surface area contributed by atoms with Crippen LogP contribution in [0.1, 0.15) is 28.4 Å². The van der Waals surface area contributed by atoms with Gasteiger partial charge in [0.05, 0.1) is 6.20 Å². The SMILES string of the molecule is CCN1CCN(C(=O)c2cccc(Nc3c(Oc4cccc(C)c4C)cnn(C)c3=O)c2)CC1. The Bertz CT molecular complexity index is 1250. The number of carbonyl (C=O) groups is 1. The third kappa shape index (κ3) is 4.97. The van der Waals surface area contributed by atoms with E-state index in [1.165, 1.54) is 10.9 Å². The van der Waals surface area contributed by atoms with Gasteiger partial charge in [-0.3, -0.25) is 9.59 Å². The first-order valence-corrected chi connectivity index (χ1v) is 11.6. The van der Waals surface area contributed by atoms with E-state index in [1.807, 2.05) is 49.1 Å². The number of ether oxygens (including phenoxy) is 1. The first kappa shape index (κ1) is 23.5. The van der Waals surface area contributed by atoms with Gasteiger partial charge in [-0.25, -0.2) is 4.68 Å². The third-order valence-corrected chi connectivity index (χ3v) is 6.36. The maximum Gasteiger partial charge on any atom is 0.294 e. The Morgan fingerprint density at radius 1 is 1.06 bits per heavy atom. The van der Waals surface area contributed by atoms with Crippen molar-refractivity contribution in [3.05, 3.63) is 75.7 Å². The van der Waals surface area contributed by atoms with Crippen LogP contribution in [0, 0.1) is 13.8 Å². The molecule has 3 aromatic rings. The van der Waals surface area contributed by atoms with Gasteiger partial charge in [-0.2, -0.15) is 5.10 Å². The van der Waals surface area contributed by atoms with Crippen molar-refractivity contribution in [1.29, 1.82) is 0 Å². The molecule has 1 saturated heterocycles. The molecule has 1 aromatic heterocycles. The first-order chi connectivity index (χ1) is 16.4. The average molecular weight is 462 g/mol. The number of benzene rings is 2. The summed E-state index contributed by atoms with van der Waals surface area (Å²) in [5.41, 5.74) is 3.24. The predicted octanol–water partition coefficient (Wildman–Crippen LogP) is 3.71. The molecule has 0 spiro atoms. The quantitative estimate of drug-likeness (QED) is 0.603. The molecule has 0 unspecified atom stereocenters. The lowest BCUT2D eigenvalue weighted by atomic mass is 10.1. The second-order valence-electron chi connectivity index (χ2n) is 8.54. The number of amides is 1. The monoisotopic (exact) mass is 461 g/mol. The fraction of sp³-hybridized carbons (Fsp3) is 0.346. The second-order valence-corrected chi connectivity index (χ2v) is 8.54. The molecule has 2 heterocycles. The van der Waals surface area contributed by atoms with Gasteiger partial charge in [-0.1, -0.05) is 25.1 Å². The van der Waals surface area contributed by atoms with Gasteiger partial charge in [0.15, 0.2) is 11.4 Å². The van der Waals surface area contributed by atoms with Gasteiger partial charge in [0.1, 0.15) is 5.75 Å². The van der Waals surface area contributed by atoms with E-state index in [9.17, 15) is 9.59 Å². The van der Waals surface area contributed by atoms with Crippen LogP contribution in [0.15, 0.2) is 53.5 Å². The highest BCUT2D eigenvalue weighted by Gasteiger charge is 2.22. The molecule has 1 amide bonds. The van der Waals surface area contributed by atoms with Crippen molar-refractivity contribution in [2.24, 2.45) is 7.05 Å². The Morgan fingerprint density at radius 3 is 2.53 bits per heavy atom. The van der Waals surface area contributed by atoms with Gasteiger partial charge >= 0.3 is 0 Å². The van der Waals surface area contributed by atoms with Gasteiger partial charge in [-0.15, -0.1) is 0 Å². The van der Waals surface area contributed by atoms with E-state index in [0.717, 1.165) is 30.8 Å². The van der Waals surface area contributed by atoms with Crippen LogP contribution in [0.5, 0.6) is 11.5 Å². The maximum atomic E-state index is 13.1. The topological polar surface area (TPSA) is 79.7 Å². The van der Waals surface area contributed by atoms with E-state index >= 15 is 0 Å². The number of rotatable bonds is 6. The minimum absolute atomic E-state index is 0.00565. The van der Waals surface area contributed by atoms with Crippen LogP contribution in [-0.2, 0) is 7.05 Å². The van der Waals surface area contributed by atoms with E-state index in [4.69, 9.17) is 4.74 Å². The van der Waals surface area contributed by atoms with Crippen molar-refractivity contribution in [3.8, 4) is 11.5 Å². The summed E-state index contributed by atoms with van der Waals surface area (Å²) < 4.78 is 7.36. The summed E-state index contributed by atoms with van der Waals surface area (Å²) in [5, 5.41) is 7.30. The highest BCUT2D eigenvalue weighted by molar-refractivity contribution is 5.95. The number of hydrogen-bond donors (Lipinski definition) is 1. The Labute approximate surface area is 199 Å². The lowest BCUT2D eigenvalue weighted by molar-refractivity contribution is 0.0643. The molecule has 178 valence electrons. The molecule has 4 rings (SSSR count). The lowest BCUT2D eigenvalue weighted by Gasteiger charge is -2.34. The lowest BCUT2D eigenvalue weighted by Crippen LogP contribution is -2.48. The Hall–Kier alpha value is -3.65. The molecule has 1 aliphatic heterocycles. The first-order valence-electron chi connectivity index (χ1n) is 11.6. The van der Waals surface area contributed by atoms with Crippen LogP contribution in [0.25, 0.3) is 0 Å². The van der Waals surface area contributed by atoms with Crippen molar-refractivity contribution in [3.63, 3.8) is 0 Å². The van der Waals surface area contributed by atoms with Gasteiger partial charge in [0, 0.05) is 44.5 Å². The number of hydrogen-bond acceptors (Lipinski definition) is 6. The molecule has 1 aliphatic rings. The van der Waals surface area contributed by atoms with Crippen LogP contribution in [0.3, 0.4) is 0 Å². The van der Waals surface area contributed by atoms with Crippen molar-refractivity contribution >= 4 is 17.3 Å². The predicted molar refractivity (Wildman–Crippen MR) is 133 cm³/mol. The second kappa shape index (κ2) is 10.1. The Morgan fingerprint density at radius 2 is 1.79 bits per heavy atom. The number of anilines is 2. The van der Waals surface area contributed by atoms with Crippen molar-refractivity contribution in [2.75, 3.05) is 38.0 Å². The van der Waals surface area contributed by atoms with Crippen LogP contribution >= 0.6 is 0 Å². The summed E-state index contributed by atoms with van der Waals surface area (Å²) in [7, 11) is 1.59. The summed E-state index contributed by atoms with van der Waals surface area (Å²) in [6, 6.07) is 13.0. The Kier molecular flexibility index (Phi) is 6.98. The maximum absolute atomic E-state index is 13.1.